The molecule has 1 unspecified atom stereocenters. The van der Waals surface area contributed by atoms with E-state index in [1.165, 1.54) is 18.2 Å². The smallest absolute Gasteiger partial charge is 0.350 e. The van der Waals surface area contributed by atoms with Crippen LogP contribution in [0.5, 0.6) is 0 Å². The summed E-state index contributed by atoms with van der Waals surface area (Å²) in [6, 6.07) is 8.79. The van der Waals surface area contributed by atoms with Crippen LogP contribution in [0.2, 0.25) is 0 Å². The highest BCUT2D eigenvalue weighted by Gasteiger charge is 2.30. The molecule has 2 aromatic rings. The Balaban J connectivity index is 1.92. The van der Waals surface area contributed by atoms with Crippen molar-refractivity contribution in [1.29, 1.82) is 0 Å². The summed E-state index contributed by atoms with van der Waals surface area (Å²) >= 11 is 0. The summed E-state index contributed by atoms with van der Waals surface area (Å²) in [5, 5.41) is 2.58. The highest BCUT2D eigenvalue weighted by atomic mass is 32.2. The molecule has 29 heavy (non-hydrogen) atoms. The molecule has 0 bridgehead atoms. The summed E-state index contributed by atoms with van der Waals surface area (Å²) in [6.45, 7) is 5.11. The van der Waals surface area contributed by atoms with Crippen molar-refractivity contribution in [1.82, 2.24) is 10.0 Å². The second kappa shape index (κ2) is 8.96. The molecule has 5 nitrogen and oxygen atoms in total. The van der Waals surface area contributed by atoms with Crippen molar-refractivity contribution in [3.63, 3.8) is 0 Å². The van der Waals surface area contributed by atoms with Gasteiger partial charge in [0.15, 0.2) is 0 Å². The minimum atomic E-state index is -4.47. The van der Waals surface area contributed by atoms with Crippen LogP contribution in [0.25, 0.3) is 0 Å². The van der Waals surface area contributed by atoms with Crippen LogP contribution in [0.1, 0.15) is 41.6 Å². The number of halogens is 3. The Labute approximate surface area is 168 Å². The normalized spacial score (nSPS) is 13.2. The number of aryl methyl sites for hydroxylation is 2. The molecular formula is C20H23F3N2O3S. The van der Waals surface area contributed by atoms with E-state index in [2.05, 4.69) is 10.0 Å². The van der Waals surface area contributed by atoms with Crippen LogP contribution >= 0.6 is 0 Å². The lowest BCUT2D eigenvalue weighted by Gasteiger charge is -2.16. The fraction of sp³-hybridized carbons (Fsp3) is 0.350. The Morgan fingerprint density at radius 3 is 2.38 bits per heavy atom. The van der Waals surface area contributed by atoms with E-state index in [1.807, 2.05) is 6.92 Å². The van der Waals surface area contributed by atoms with E-state index < -0.39 is 33.7 Å². The average molecular weight is 428 g/mol. The maximum Gasteiger partial charge on any atom is 0.416 e. The number of carbonyl (C=O) groups is 1. The van der Waals surface area contributed by atoms with E-state index in [9.17, 15) is 26.4 Å². The number of sulfonamides is 1. The summed E-state index contributed by atoms with van der Waals surface area (Å²) in [5.41, 5.74) is 1.31. The molecule has 0 aliphatic rings. The molecular weight excluding hydrogens is 405 g/mol. The molecule has 2 aromatic carbocycles. The lowest BCUT2D eigenvalue weighted by Crippen LogP contribution is -2.32. The van der Waals surface area contributed by atoms with Crippen molar-refractivity contribution in [3.05, 3.63) is 64.7 Å². The Bertz CT molecular complexity index is 989. The van der Waals surface area contributed by atoms with E-state index in [4.69, 9.17) is 0 Å². The van der Waals surface area contributed by atoms with Crippen molar-refractivity contribution >= 4 is 15.9 Å². The SMILES string of the molecule is Cc1ccc(S(=O)(=O)NCCC(=O)NC(C)c2cccc(C(F)(F)F)c2)cc1C. The fourth-order valence-electron chi connectivity index (χ4n) is 2.64. The quantitative estimate of drug-likeness (QED) is 0.703. The van der Waals surface area contributed by atoms with Crippen LogP contribution in [-0.2, 0) is 21.0 Å². The van der Waals surface area contributed by atoms with Gasteiger partial charge in [-0.15, -0.1) is 0 Å². The molecule has 0 aliphatic carbocycles. The van der Waals surface area contributed by atoms with Gasteiger partial charge in [0.2, 0.25) is 15.9 Å². The van der Waals surface area contributed by atoms with E-state index in [-0.39, 0.29) is 17.9 Å². The number of carbonyl (C=O) groups excluding carboxylic acids is 1. The second-order valence-corrected chi connectivity index (χ2v) is 8.57. The van der Waals surface area contributed by atoms with E-state index in [1.54, 1.807) is 26.0 Å². The van der Waals surface area contributed by atoms with Gasteiger partial charge in [-0.05, 0) is 61.7 Å². The molecule has 1 atom stereocenters. The van der Waals surface area contributed by atoms with Gasteiger partial charge in [0, 0.05) is 13.0 Å². The summed E-state index contributed by atoms with van der Waals surface area (Å²) < 4.78 is 65.4. The van der Waals surface area contributed by atoms with Crippen molar-refractivity contribution in [2.24, 2.45) is 0 Å². The molecule has 0 fully saturated rings. The predicted octanol–water partition coefficient (Wildman–Crippen LogP) is 3.87. The van der Waals surface area contributed by atoms with Crippen LogP contribution in [0.3, 0.4) is 0 Å². The van der Waals surface area contributed by atoms with Crippen LogP contribution in [0, 0.1) is 13.8 Å². The first kappa shape index (κ1) is 22.9. The molecule has 0 aliphatic heterocycles. The van der Waals surface area contributed by atoms with Gasteiger partial charge < -0.3 is 5.32 Å². The lowest BCUT2D eigenvalue weighted by molar-refractivity contribution is -0.137. The first-order chi connectivity index (χ1) is 13.4. The van der Waals surface area contributed by atoms with Gasteiger partial charge in [-0.2, -0.15) is 13.2 Å². The zero-order chi connectivity index (χ0) is 21.8. The minimum Gasteiger partial charge on any atom is -0.350 e. The molecule has 0 radical (unpaired) electrons. The van der Waals surface area contributed by atoms with Crippen molar-refractivity contribution in [2.45, 2.75) is 44.3 Å². The molecule has 0 saturated heterocycles. The number of amides is 1. The predicted molar refractivity (Wildman–Crippen MR) is 104 cm³/mol. The summed E-state index contributed by atoms with van der Waals surface area (Å²) in [7, 11) is -3.75. The van der Waals surface area contributed by atoms with Crippen LogP contribution < -0.4 is 10.0 Å². The topological polar surface area (TPSA) is 75.3 Å². The van der Waals surface area contributed by atoms with Gasteiger partial charge >= 0.3 is 6.18 Å². The first-order valence-electron chi connectivity index (χ1n) is 8.93. The summed E-state index contributed by atoms with van der Waals surface area (Å²) in [4.78, 5) is 12.2. The standard InChI is InChI=1S/C20H23F3N2O3S/c1-13-7-8-18(11-14(13)2)29(27,28)24-10-9-19(26)25-15(3)16-5-4-6-17(12-16)20(21,22)23/h4-8,11-12,15,24H,9-10H2,1-3H3,(H,25,26). The Kier molecular flexibility index (Phi) is 7.07. The van der Waals surface area contributed by atoms with Crippen LogP contribution in [0.15, 0.2) is 47.4 Å². The van der Waals surface area contributed by atoms with Gasteiger partial charge in [-0.25, -0.2) is 13.1 Å². The number of alkyl halides is 3. The Morgan fingerprint density at radius 1 is 1.07 bits per heavy atom. The molecule has 1 amide bonds. The molecule has 0 aromatic heterocycles. The van der Waals surface area contributed by atoms with Crippen LogP contribution in [0.4, 0.5) is 13.2 Å². The Morgan fingerprint density at radius 2 is 1.76 bits per heavy atom. The largest absolute Gasteiger partial charge is 0.416 e. The third-order valence-electron chi connectivity index (χ3n) is 4.52. The third-order valence-corrected chi connectivity index (χ3v) is 5.98. The second-order valence-electron chi connectivity index (χ2n) is 6.81. The van der Waals surface area contributed by atoms with E-state index >= 15 is 0 Å². The molecule has 0 heterocycles. The molecule has 158 valence electrons. The number of hydrogen-bond donors (Lipinski definition) is 2. The fourth-order valence-corrected chi connectivity index (χ4v) is 3.76. The zero-order valence-electron chi connectivity index (χ0n) is 16.3. The molecule has 0 saturated carbocycles. The molecule has 2 N–H and O–H groups in total. The number of nitrogens with one attached hydrogen (secondary N) is 2. The Hall–Kier alpha value is -2.39. The molecule has 9 heteroatoms. The van der Waals surface area contributed by atoms with Crippen LogP contribution in [-0.4, -0.2) is 20.9 Å². The number of rotatable bonds is 7. The van der Waals surface area contributed by atoms with Gasteiger partial charge in [0.05, 0.1) is 16.5 Å². The maximum atomic E-state index is 12.8. The number of benzene rings is 2. The highest BCUT2D eigenvalue weighted by molar-refractivity contribution is 7.89. The van der Waals surface area contributed by atoms with Crippen molar-refractivity contribution in [2.75, 3.05) is 6.54 Å². The highest BCUT2D eigenvalue weighted by Crippen LogP contribution is 2.30. The first-order valence-corrected chi connectivity index (χ1v) is 10.4. The van der Waals surface area contributed by atoms with Gasteiger partial charge in [0.1, 0.15) is 0 Å². The van der Waals surface area contributed by atoms with Gasteiger partial charge in [-0.1, -0.05) is 18.2 Å². The summed E-state index contributed by atoms with van der Waals surface area (Å²) in [5.74, 6) is -0.474. The van der Waals surface area contributed by atoms with Gasteiger partial charge in [0.25, 0.3) is 0 Å². The number of hydrogen-bond acceptors (Lipinski definition) is 3. The maximum absolute atomic E-state index is 12.8. The van der Waals surface area contributed by atoms with E-state index in [0.29, 0.717) is 5.56 Å². The summed E-state index contributed by atoms with van der Waals surface area (Å²) in [6.07, 6.45) is -4.61. The van der Waals surface area contributed by atoms with E-state index in [0.717, 1.165) is 23.3 Å². The lowest BCUT2D eigenvalue weighted by atomic mass is 10.0. The van der Waals surface area contributed by atoms with Gasteiger partial charge in [-0.3, -0.25) is 4.79 Å². The molecule has 0 spiro atoms. The monoisotopic (exact) mass is 428 g/mol. The zero-order valence-corrected chi connectivity index (χ0v) is 17.1. The van der Waals surface area contributed by atoms with Crippen molar-refractivity contribution < 1.29 is 26.4 Å². The van der Waals surface area contributed by atoms with Crippen molar-refractivity contribution in [3.8, 4) is 0 Å². The third kappa shape index (κ3) is 6.30. The minimum absolute atomic E-state index is 0.110. The average Bonchev–Trinajstić information content (AvgIpc) is 2.63. The molecule has 2 rings (SSSR count).